The van der Waals surface area contributed by atoms with Gasteiger partial charge in [0, 0.05) is 25.3 Å². The van der Waals surface area contributed by atoms with E-state index >= 15 is 0 Å². The summed E-state index contributed by atoms with van der Waals surface area (Å²) in [5.74, 6) is -0.752. The molecule has 0 spiro atoms. The molecule has 1 saturated heterocycles. The molecule has 29 heavy (non-hydrogen) atoms. The minimum absolute atomic E-state index is 0.00803. The molecule has 1 aromatic heterocycles. The van der Waals surface area contributed by atoms with Crippen LogP contribution in [0.3, 0.4) is 0 Å². The maximum atomic E-state index is 12.8. The van der Waals surface area contributed by atoms with E-state index in [9.17, 15) is 14.9 Å². The average Bonchev–Trinajstić information content (AvgIpc) is 3.37. The highest BCUT2D eigenvalue weighted by atomic mass is 32.1. The summed E-state index contributed by atoms with van der Waals surface area (Å²) in [5, 5.41) is 9.46. The normalized spacial score (nSPS) is 15.2. The van der Waals surface area contributed by atoms with Gasteiger partial charge in [0.1, 0.15) is 17.3 Å². The molecule has 1 aliphatic heterocycles. The number of hydrogen-bond acceptors (Lipinski definition) is 6. The standard InChI is InChI=1S/C22H23N3O3S/c1-3-13-28-22(27)18(15-23)21-25(4-2)20(26)19(29-21)14-16-7-9-17(10-8-16)24-11-5-6-12-24/h3,7-10,14H,1,4-6,11-13H2,2H3. The van der Waals surface area contributed by atoms with Gasteiger partial charge < -0.3 is 9.64 Å². The minimum atomic E-state index is -0.752. The van der Waals surface area contributed by atoms with Gasteiger partial charge in [-0.15, -0.1) is 11.3 Å². The second-order valence-electron chi connectivity index (χ2n) is 6.62. The number of aromatic nitrogens is 1. The van der Waals surface area contributed by atoms with Crippen molar-refractivity contribution in [3.63, 3.8) is 0 Å². The number of rotatable bonds is 6. The first-order valence-electron chi connectivity index (χ1n) is 9.57. The summed E-state index contributed by atoms with van der Waals surface area (Å²) in [4.78, 5) is 27.3. The van der Waals surface area contributed by atoms with Crippen molar-refractivity contribution in [2.24, 2.45) is 0 Å². The summed E-state index contributed by atoms with van der Waals surface area (Å²) in [6.07, 6.45) is 5.66. The van der Waals surface area contributed by atoms with Crippen molar-refractivity contribution in [2.75, 3.05) is 24.6 Å². The van der Waals surface area contributed by atoms with Crippen molar-refractivity contribution in [1.82, 2.24) is 4.57 Å². The molecule has 1 aliphatic rings. The highest BCUT2D eigenvalue weighted by Crippen LogP contribution is 2.20. The lowest BCUT2D eigenvalue weighted by atomic mass is 10.2. The summed E-state index contributed by atoms with van der Waals surface area (Å²) in [6.45, 7) is 7.81. The fourth-order valence-electron chi connectivity index (χ4n) is 3.29. The molecular weight excluding hydrogens is 386 g/mol. The first-order valence-corrected chi connectivity index (χ1v) is 10.4. The third kappa shape index (κ3) is 4.49. The number of anilines is 1. The fraction of sp³-hybridized carbons (Fsp3) is 0.318. The van der Waals surface area contributed by atoms with Crippen LogP contribution in [-0.4, -0.2) is 30.2 Å². The number of thiazole rings is 1. The number of esters is 1. The van der Waals surface area contributed by atoms with Gasteiger partial charge >= 0.3 is 5.97 Å². The zero-order valence-electron chi connectivity index (χ0n) is 16.4. The number of nitrogens with zero attached hydrogens (tertiary/aromatic N) is 3. The van der Waals surface area contributed by atoms with E-state index in [2.05, 4.69) is 23.6 Å². The van der Waals surface area contributed by atoms with Crippen LogP contribution in [0.25, 0.3) is 11.6 Å². The Morgan fingerprint density at radius 2 is 2.00 bits per heavy atom. The van der Waals surface area contributed by atoms with Crippen LogP contribution in [0.1, 0.15) is 25.3 Å². The highest BCUT2D eigenvalue weighted by Gasteiger charge is 2.16. The van der Waals surface area contributed by atoms with Crippen LogP contribution in [0.5, 0.6) is 0 Å². The van der Waals surface area contributed by atoms with Gasteiger partial charge in [0.05, 0.1) is 4.53 Å². The third-order valence-electron chi connectivity index (χ3n) is 4.75. The van der Waals surface area contributed by atoms with Crippen LogP contribution >= 0.6 is 11.3 Å². The van der Waals surface area contributed by atoms with Gasteiger partial charge in [-0.25, -0.2) is 4.79 Å². The lowest BCUT2D eigenvalue weighted by Crippen LogP contribution is -2.32. The van der Waals surface area contributed by atoms with E-state index in [0.717, 1.165) is 30.0 Å². The predicted octanol–water partition coefficient (Wildman–Crippen LogP) is 1.76. The average molecular weight is 410 g/mol. The smallest absolute Gasteiger partial charge is 0.352 e. The molecule has 150 valence electrons. The Morgan fingerprint density at radius 3 is 2.59 bits per heavy atom. The van der Waals surface area contributed by atoms with Gasteiger partial charge in [-0.3, -0.25) is 9.36 Å². The van der Waals surface area contributed by atoms with E-state index in [1.165, 1.54) is 29.2 Å². The maximum Gasteiger partial charge on any atom is 0.352 e. The van der Waals surface area contributed by atoms with Crippen molar-refractivity contribution in [3.8, 4) is 6.07 Å². The van der Waals surface area contributed by atoms with E-state index in [4.69, 9.17) is 4.74 Å². The summed E-state index contributed by atoms with van der Waals surface area (Å²) in [6, 6.07) is 9.97. The Kier molecular flexibility index (Phi) is 6.68. The van der Waals surface area contributed by atoms with Gasteiger partial charge in [0.2, 0.25) is 0 Å². The number of benzene rings is 1. The molecule has 0 radical (unpaired) electrons. The van der Waals surface area contributed by atoms with E-state index in [0.29, 0.717) is 15.7 Å². The van der Waals surface area contributed by atoms with Crippen molar-refractivity contribution in [2.45, 2.75) is 26.3 Å². The number of hydrogen-bond donors (Lipinski definition) is 0. The Morgan fingerprint density at radius 1 is 1.31 bits per heavy atom. The summed E-state index contributed by atoms with van der Waals surface area (Å²) < 4.78 is 7.21. The third-order valence-corrected chi connectivity index (χ3v) is 5.88. The molecule has 1 aromatic carbocycles. The lowest BCUT2D eigenvalue weighted by Gasteiger charge is -2.17. The van der Waals surface area contributed by atoms with Gasteiger partial charge in [0.25, 0.3) is 5.56 Å². The van der Waals surface area contributed by atoms with Gasteiger partial charge in [-0.2, -0.15) is 5.26 Å². The Bertz CT molecular complexity index is 1110. The molecule has 6 nitrogen and oxygen atoms in total. The minimum Gasteiger partial charge on any atom is -0.457 e. The Hall–Kier alpha value is -3.11. The second-order valence-corrected chi connectivity index (χ2v) is 7.66. The Balaban J connectivity index is 2.03. The summed E-state index contributed by atoms with van der Waals surface area (Å²) in [5.41, 5.74) is 1.69. The van der Waals surface area contributed by atoms with E-state index in [1.807, 2.05) is 18.2 Å². The number of ether oxygens (including phenoxy) is 1. The second kappa shape index (κ2) is 9.39. The topological polar surface area (TPSA) is 75.3 Å². The van der Waals surface area contributed by atoms with E-state index in [1.54, 1.807) is 13.0 Å². The molecule has 0 unspecified atom stereocenters. The van der Waals surface area contributed by atoms with E-state index in [-0.39, 0.29) is 17.7 Å². The molecule has 0 atom stereocenters. The van der Waals surface area contributed by atoms with Crippen LogP contribution in [0.4, 0.5) is 5.69 Å². The first-order chi connectivity index (χ1) is 14.1. The molecule has 2 aromatic rings. The zero-order valence-corrected chi connectivity index (χ0v) is 17.2. The van der Waals surface area contributed by atoms with Crippen LogP contribution in [-0.2, 0) is 16.1 Å². The van der Waals surface area contributed by atoms with Gasteiger partial charge in [0.15, 0.2) is 5.57 Å². The van der Waals surface area contributed by atoms with Crippen molar-refractivity contribution < 1.29 is 9.53 Å². The lowest BCUT2D eigenvalue weighted by molar-refractivity contribution is -0.135. The molecular formula is C22H23N3O3S. The Labute approximate surface area is 173 Å². The molecule has 0 saturated carbocycles. The highest BCUT2D eigenvalue weighted by molar-refractivity contribution is 7.07. The quantitative estimate of drug-likeness (QED) is 0.537. The summed E-state index contributed by atoms with van der Waals surface area (Å²) in [7, 11) is 0. The molecule has 0 N–H and O–H groups in total. The van der Waals surface area contributed by atoms with Gasteiger partial charge in [-0.05, 0) is 43.5 Å². The fourth-order valence-corrected chi connectivity index (χ4v) is 4.44. The van der Waals surface area contributed by atoms with Gasteiger partial charge in [-0.1, -0.05) is 24.8 Å². The molecule has 3 rings (SSSR count). The number of carbonyl (C=O) groups excluding carboxylic acids is 1. The molecule has 2 heterocycles. The van der Waals surface area contributed by atoms with Crippen LogP contribution in [0.15, 0.2) is 41.7 Å². The largest absolute Gasteiger partial charge is 0.457 e. The SMILES string of the molecule is C=CCOC(=O)C(C#N)=c1sc(=Cc2ccc(N3CCCC3)cc2)c(=O)n1CC. The number of nitriles is 1. The molecule has 0 amide bonds. The monoisotopic (exact) mass is 409 g/mol. The molecule has 0 bridgehead atoms. The maximum absolute atomic E-state index is 12.8. The van der Waals surface area contributed by atoms with Crippen LogP contribution < -0.4 is 19.7 Å². The molecule has 1 fully saturated rings. The van der Waals surface area contributed by atoms with E-state index < -0.39 is 5.97 Å². The van der Waals surface area contributed by atoms with Crippen LogP contribution in [0, 0.1) is 11.3 Å². The molecule has 0 aliphatic carbocycles. The molecule has 7 heteroatoms. The summed E-state index contributed by atoms with van der Waals surface area (Å²) >= 11 is 1.13. The first kappa shape index (κ1) is 20.6. The zero-order chi connectivity index (χ0) is 20.8. The van der Waals surface area contributed by atoms with Crippen molar-refractivity contribution in [3.05, 3.63) is 62.0 Å². The van der Waals surface area contributed by atoms with Crippen molar-refractivity contribution >= 4 is 34.6 Å². The van der Waals surface area contributed by atoms with Crippen LogP contribution in [0.2, 0.25) is 0 Å². The predicted molar refractivity (Wildman–Crippen MR) is 115 cm³/mol. The van der Waals surface area contributed by atoms with Crippen molar-refractivity contribution in [1.29, 1.82) is 5.26 Å². The number of carbonyl (C=O) groups is 1.